The molecule has 0 heterocycles. The number of hydrogen-bond donors (Lipinski definition) is 7. The van der Waals surface area contributed by atoms with Gasteiger partial charge in [0.2, 0.25) is 11.8 Å². The lowest BCUT2D eigenvalue weighted by molar-refractivity contribution is -0.142. The van der Waals surface area contributed by atoms with Crippen LogP contribution in [0.1, 0.15) is 38.5 Å². The van der Waals surface area contributed by atoms with E-state index in [-0.39, 0.29) is 6.42 Å². The molecule has 0 aliphatic heterocycles. The summed E-state index contributed by atoms with van der Waals surface area (Å²) in [5.41, 5.74) is 16.4. The maximum absolute atomic E-state index is 12.1. The number of aliphatic carboxylic acids is 1. The molecule has 10 heteroatoms. The normalized spacial score (nSPS) is 14.4. The van der Waals surface area contributed by atoms with Gasteiger partial charge in [-0.2, -0.15) is 0 Å². The van der Waals surface area contributed by atoms with E-state index in [4.69, 9.17) is 22.3 Å². The van der Waals surface area contributed by atoms with Crippen LogP contribution in [0.25, 0.3) is 0 Å². The van der Waals surface area contributed by atoms with E-state index in [0.717, 1.165) is 6.42 Å². The molecule has 10 N–H and O–H groups in total. The highest BCUT2D eigenvalue weighted by molar-refractivity contribution is 5.91. The minimum Gasteiger partial charge on any atom is -0.480 e. The lowest BCUT2D eigenvalue weighted by Crippen LogP contribution is -2.55. The van der Waals surface area contributed by atoms with Crippen molar-refractivity contribution < 1.29 is 24.6 Å². The van der Waals surface area contributed by atoms with E-state index in [2.05, 4.69) is 10.6 Å². The number of rotatable bonds is 14. The van der Waals surface area contributed by atoms with Crippen LogP contribution in [0, 0.1) is 0 Å². The molecule has 0 aromatic heterocycles. The Bertz CT molecular complexity index is 421. The van der Waals surface area contributed by atoms with E-state index in [0.29, 0.717) is 38.8 Å². The molecule has 0 fully saturated rings. The van der Waals surface area contributed by atoms with Crippen LogP contribution in [0.3, 0.4) is 0 Å². The van der Waals surface area contributed by atoms with Gasteiger partial charge in [-0.3, -0.25) is 9.59 Å². The summed E-state index contributed by atoms with van der Waals surface area (Å²) in [7, 11) is 0. The van der Waals surface area contributed by atoms with Gasteiger partial charge in [-0.05, 0) is 45.2 Å². The quantitative estimate of drug-likeness (QED) is 0.167. The molecule has 0 unspecified atom stereocenters. The zero-order valence-electron chi connectivity index (χ0n) is 14.4. The first-order valence-electron chi connectivity index (χ1n) is 8.47. The maximum atomic E-state index is 12.1. The average molecular weight is 361 g/mol. The molecule has 0 aromatic carbocycles. The number of nitrogens with one attached hydrogen (secondary N) is 2. The average Bonchev–Trinajstić information content (AvgIpc) is 2.58. The predicted octanol–water partition coefficient (Wildman–Crippen LogP) is -2.38. The highest BCUT2D eigenvalue weighted by Gasteiger charge is 2.27. The summed E-state index contributed by atoms with van der Waals surface area (Å²) in [6, 6.07) is -3.19. The Labute approximate surface area is 147 Å². The fourth-order valence-electron chi connectivity index (χ4n) is 2.14. The van der Waals surface area contributed by atoms with Crippen LogP contribution in [0.15, 0.2) is 0 Å². The van der Waals surface area contributed by atoms with Gasteiger partial charge in [-0.25, -0.2) is 4.79 Å². The summed E-state index contributed by atoms with van der Waals surface area (Å²) in [4.78, 5) is 35.3. The molecule has 0 saturated carbocycles. The predicted molar refractivity (Wildman–Crippen MR) is 92.4 cm³/mol. The molecule has 0 aromatic rings. The van der Waals surface area contributed by atoms with Gasteiger partial charge >= 0.3 is 5.97 Å². The number of hydrogen-bond acceptors (Lipinski definition) is 7. The Balaban J connectivity index is 4.56. The highest BCUT2D eigenvalue weighted by Crippen LogP contribution is 2.02. The number of unbranched alkanes of at least 4 members (excludes halogenated alkanes) is 2. The van der Waals surface area contributed by atoms with E-state index in [9.17, 15) is 19.5 Å². The van der Waals surface area contributed by atoms with E-state index >= 15 is 0 Å². The third-order valence-electron chi connectivity index (χ3n) is 3.68. The van der Waals surface area contributed by atoms with Crippen LogP contribution in [0.5, 0.6) is 0 Å². The second-order valence-corrected chi connectivity index (χ2v) is 5.82. The van der Waals surface area contributed by atoms with Gasteiger partial charge < -0.3 is 38.0 Å². The first-order valence-corrected chi connectivity index (χ1v) is 8.47. The van der Waals surface area contributed by atoms with Crippen molar-refractivity contribution in [3.05, 3.63) is 0 Å². The van der Waals surface area contributed by atoms with Gasteiger partial charge in [-0.15, -0.1) is 0 Å². The van der Waals surface area contributed by atoms with Crippen LogP contribution in [-0.4, -0.2) is 65.8 Å². The highest BCUT2D eigenvalue weighted by atomic mass is 16.4. The van der Waals surface area contributed by atoms with Gasteiger partial charge in [0, 0.05) is 0 Å². The monoisotopic (exact) mass is 361 g/mol. The first kappa shape index (κ1) is 23.2. The minimum absolute atomic E-state index is 0.211. The van der Waals surface area contributed by atoms with Crippen molar-refractivity contribution in [2.45, 2.75) is 56.7 Å². The van der Waals surface area contributed by atoms with Gasteiger partial charge in [0.25, 0.3) is 0 Å². The zero-order chi connectivity index (χ0) is 19.2. The zero-order valence-corrected chi connectivity index (χ0v) is 14.4. The van der Waals surface area contributed by atoms with Crippen molar-refractivity contribution in [1.29, 1.82) is 0 Å². The Hall–Kier alpha value is -1.75. The van der Waals surface area contributed by atoms with Crippen LogP contribution >= 0.6 is 0 Å². The fourth-order valence-corrected chi connectivity index (χ4v) is 2.14. The molecule has 146 valence electrons. The summed E-state index contributed by atoms with van der Waals surface area (Å²) in [5, 5.41) is 23.1. The second-order valence-electron chi connectivity index (χ2n) is 5.82. The number of carboxylic acid groups (broad SMARTS) is 1. The molecule has 0 aliphatic carbocycles. The van der Waals surface area contributed by atoms with Crippen LogP contribution < -0.4 is 27.8 Å². The molecule has 3 atom stereocenters. The van der Waals surface area contributed by atoms with Crippen LogP contribution in [0.4, 0.5) is 0 Å². The smallest absolute Gasteiger partial charge is 0.326 e. The van der Waals surface area contributed by atoms with E-state index in [1.807, 2.05) is 0 Å². The number of carboxylic acids is 1. The molecule has 0 spiro atoms. The van der Waals surface area contributed by atoms with Crippen molar-refractivity contribution in [3.8, 4) is 0 Å². The topological polar surface area (TPSA) is 194 Å². The molecule has 10 nitrogen and oxygen atoms in total. The summed E-state index contributed by atoms with van der Waals surface area (Å²) >= 11 is 0. The van der Waals surface area contributed by atoms with Gasteiger partial charge in [0.05, 0.1) is 12.6 Å². The SMILES string of the molecule is NCCCC[C@H](NC(=O)[C@H](CO)NC(=O)[C@@H](N)CCCCN)C(=O)O. The Morgan fingerprint density at radius 3 is 1.84 bits per heavy atom. The Kier molecular flexibility index (Phi) is 12.6. The number of aliphatic hydroxyl groups is 1. The number of carbonyl (C=O) groups excluding carboxylic acids is 2. The minimum atomic E-state index is -1.26. The molecule has 0 saturated heterocycles. The summed E-state index contributed by atoms with van der Waals surface area (Å²) in [6.45, 7) is 0.261. The lowest BCUT2D eigenvalue weighted by Gasteiger charge is -2.21. The number of aliphatic hydroxyl groups excluding tert-OH is 1. The van der Waals surface area contributed by atoms with Gasteiger partial charge in [-0.1, -0.05) is 6.42 Å². The number of carbonyl (C=O) groups is 3. The van der Waals surface area contributed by atoms with Crippen molar-refractivity contribution in [2.75, 3.05) is 19.7 Å². The van der Waals surface area contributed by atoms with Gasteiger partial charge in [0.15, 0.2) is 0 Å². The molecule has 25 heavy (non-hydrogen) atoms. The molecular weight excluding hydrogens is 330 g/mol. The van der Waals surface area contributed by atoms with E-state index in [1.54, 1.807) is 0 Å². The van der Waals surface area contributed by atoms with E-state index in [1.165, 1.54) is 0 Å². The number of amides is 2. The maximum Gasteiger partial charge on any atom is 0.326 e. The van der Waals surface area contributed by atoms with Crippen LogP contribution in [0.2, 0.25) is 0 Å². The Morgan fingerprint density at radius 1 is 0.840 bits per heavy atom. The standard InChI is InChI=1S/C15H31N5O5/c16-7-3-1-5-10(18)13(22)20-12(9-21)14(23)19-11(15(24)25)6-2-4-8-17/h10-12,21H,1-9,16-18H2,(H,19,23)(H,20,22)(H,24,25)/t10-,11-,12-/m0/s1. The molecule has 0 bridgehead atoms. The van der Waals surface area contributed by atoms with Crippen molar-refractivity contribution >= 4 is 17.8 Å². The molecule has 0 aliphatic rings. The number of nitrogens with two attached hydrogens (primary N) is 3. The molecule has 0 radical (unpaired) electrons. The van der Waals surface area contributed by atoms with Crippen molar-refractivity contribution in [1.82, 2.24) is 10.6 Å². The first-order chi connectivity index (χ1) is 11.9. The van der Waals surface area contributed by atoms with Crippen molar-refractivity contribution in [2.24, 2.45) is 17.2 Å². The summed E-state index contributed by atoms with van der Waals surface area (Å²) in [6.07, 6.45) is 3.19. The largest absolute Gasteiger partial charge is 0.480 e. The third kappa shape index (κ3) is 9.97. The molecule has 2 amide bonds. The molecule has 0 rings (SSSR count). The van der Waals surface area contributed by atoms with Gasteiger partial charge in [0.1, 0.15) is 12.1 Å². The fraction of sp³-hybridized carbons (Fsp3) is 0.800. The second kappa shape index (κ2) is 13.5. The van der Waals surface area contributed by atoms with Crippen molar-refractivity contribution in [3.63, 3.8) is 0 Å². The summed E-state index contributed by atoms with van der Waals surface area (Å²) < 4.78 is 0. The molecular formula is C15H31N5O5. The summed E-state index contributed by atoms with van der Waals surface area (Å²) in [5.74, 6) is -2.54. The lowest BCUT2D eigenvalue weighted by atomic mass is 10.1. The van der Waals surface area contributed by atoms with E-state index < -0.39 is 42.5 Å². The Morgan fingerprint density at radius 2 is 1.36 bits per heavy atom. The van der Waals surface area contributed by atoms with Crippen LogP contribution in [-0.2, 0) is 14.4 Å². The third-order valence-corrected chi connectivity index (χ3v) is 3.68.